The molecule has 70 valence electrons. The Morgan fingerprint density at radius 1 is 1.08 bits per heavy atom. The molecule has 0 amide bonds. The molecular formula is C10H11FeOP. The largest absolute Gasteiger partial charge is 2.00 e. The van der Waals surface area contributed by atoms with Crippen molar-refractivity contribution in [3.63, 3.8) is 0 Å². The third-order valence-electron chi connectivity index (χ3n) is 1.35. The molecule has 2 rings (SSSR count). The van der Waals surface area contributed by atoms with Crippen LogP contribution in [0.4, 0.5) is 0 Å². The molecule has 0 fully saturated rings. The van der Waals surface area contributed by atoms with Crippen LogP contribution in [0.15, 0.2) is 54.6 Å². The molecule has 0 aliphatic heterocycles. The van der Waals surface area contributed by atoms with Gasteiger partial charge in [-0.15, -0.1) is 5.30 Å². The van der Waals surface area contributed by atoms with Gasteiger partial charge in [-0.25, -0.2) is 24.3 Å². The van der Waals surface area contributed by atoms with Crippen molar-refractivity contribution < 1.29 is 22.0 Å². The van der Waals surface area contributed by atoms with Gasteiger partial charge in [0.05, 0.1) is 0 Å². The van der Waals surface area contributed by atoms with E-state index in [9.17, 15) is 0 Å². The summed E-state index contributed by atoms with van der Waals surface area (Å²) in [6, 6.07) is 17.6. The van der Waals surface area contributed by atoms with Gasteiger partial charge in [-0.3, -0.25) is 0 Å². The summed E-state index contributed by atoms with van der Waals surface area (Å²) in [7, 11) is -0.0455. The van der Waals surface area contributed by atoms with Gasteiger partial charge in [-0.1, -0.05) is 0 Å². The molecule has 2 aromatic carbocycles. The summed E-state index contributed by atoms with van der Waals surface area (Å²) in [5.41, 5.74) is 0. The molecule has 0 spiro atoms. The Hall–Kier alpha value is -0.391. The van der Waals surface area contributed by atoms with Gasteiger partial charge in [0.25, 0.3) is 0 Å². The zero-order valence-electron chi connectivity index (χ0n) is 7.00. The average Bonchev–Trinajstić information content (AvgIpc) is 2.81. The number of rotatable bonds is 1. The van der Waals surface area contributed by atoms with Crippen LogP contribution in [-0.4, -0.2) is 4.89 Å². The van der Waals surface area contributed by atoms with E-state index in [1.54, 1.807) is 0 Å². The average molecular weight is 234 g/mol. The van der Waals surface area contributed by atoms with E-state index in [0.29, 0.717) is 0 Å². The molecule has 0 saturated heterocycles. The molecular weight excluding hydrogens is 223 g/mol. The zero-order chi connectivity index (χ0) is 8.65. The van der Waals surface area contributed by atoms with Crippen LogP contribution in [0.25, 0.3) is 0 Å². The molecule has 2 aromatic rings. The molecule has 0 aliphatic carbocycles. The standard InChI is InChI=1S/C5H6OP.C5H5.Fe/c6-7-5-3-1-2-4-5;1-2-4-5-3-1;/h1-4,6-7H;1-5H;/q2*-1;+2. The summed E-state index contributed by atoms with van der Waals surface area (Å²) in [4.78, 5) is 8.45. The van der Waals surface area contributed by atoms with Crippen molar-refractivity contribution in [3.05, 3.63) is 54.6 Å². The molecule has 0 radical (unpaired) electrons. The third kappa shape index (κ3) is 5.79. The molecule has 1 unspecified atom stereocenters. The summed E-state index contributed by atoms with van der Waals surface area (Å²) < 4.78 is 0. The van der Waals surface area contributed by atoms with Gasteiger partial charge in [-0.05, 0) is 0 Å². The zero-order valence-corrected chi connectivity index (χ0v) is 9.10. The van der Waals surface area contributed by atoms with Gasteiger partial charge in [0.15, 0.2) is 0 Å². The van der Waals surface area contributed by atoms with E-state index in [1.807, 2.05) is 54.6 Å². The second-order valence-corrected chi connectivity index (χ2v) is 3.05. The molecule has 3 heteroatoms. The van der Waals surface area contributed by atoms with Crippen LogP contribution < -0.4 is 5.30 Å². The van der Waals surface area contributed by atoms with Crippen LogP contribution in [0.5, 0.6) is 0 Å². The fourth-order valence-electron chi connectivity index (χ4n) is 0.769. The van der Waals surface area contributed by atoms with Gasteiger partial charge in [0.2, 0.25) is 0 Å². The predicted octanol–water partition coefficient (Wildman–Crippen LogP) is 2.02. The Kier molecular flexibility index (Phi) is 7.97. The maximum absolute atomic E-state index is 8.45. The molecule has 1 nitrogen and oxygen atoms in total. The summed E-state index contributed by atoms with van der Waals surface area (Å²) >= 11 is 0. The molecule has 1 N–H and O–H groups in total. The van der Waals surface area contributed by atoms with Gasteiger partial charge >= 0.3 is 17.1 Å². The van der Waals surface area contributed by atoms with Crippen molar-refractivity contribution in [1.29, 1.82) is 0 Å². The van der Waals surface area contributed by atoms with E-state index in [2.05, 4.69) is 0 Å². The molecule has 0 aromatic heterocycles. The maximum Gasteiger partial charge on any atom is 2.00 e. The fraction of sp³-hybridized carbons (Fsp3) is 0. The predicted molar refractivity (Wildman–Crippen MR) is 54.2 cm³/mol. The third-order valence-corrected chi connectivity index (χ3v) is 1.94. The second kappa shape index (κ2) is 8.22. The minimum absolute atomic E-state index is 0. The van der Waals surface area contributed by atoms with Gasteiger partial charge < -0.3 is 4.89 Å². The van der Waals surface area contributed by atoms with E-state index in [1.165, 1.54) is 0 Å². The maximum atomic E-state index is 8.45. The van der Waals surface area contributed by atoms with Gasteiger partial charge in [-0.2, -0.15) is 30.3 Å². The monoisotopic (exact) mass is 234 g/mol. The van der Waals surface area contributed by atoms with Crippen molar-refractivity contribution in [3.8, 4) is 0 Å². The Bertz CT molecular complexity index is 246. The Morgan fingerprint density at radius 2 is 1.77 bits per heavy atom. The quantitative estimate of drug-likeness (QED) is 0.454. The fourth-order valence-corrected chi connectivity index (χ4v) is 1.11. The van der Waals surface area contributed by atoms with Crippen molar-refractivity contribution >= 4 is 14.1 Å². The van der Waals surface area contributed by atoms with Crippen LogP contribution in [-0.2, 0) is 17.1 Å². The van der Waals surface area contributed by atoms with Crippen molar-refractivity contribution in [2.45, 2.75) is 0 Å². The summed E-state index contributed by atoms with van der Waals surface area (Å²) in [5, 5.41) is 1.01. The van der Waals surface area contributed by atoms with Gasteiger partial charge in [0.1, 0.15) is 0 Å². The first-order valence-corrected chi connectivity index (χ1v) is 4.66. The first-order valence-electron chi connectivity index (χ1n) is 3.72. The summed E-state index contributed by atoms with van der Waals surface area (Å²) in [6.07, 6.45) is 0. The van der Waals surface area contributed by atoms with E-state index < -0.39 is 0 Å². The Labute approximate surface area is 90.9 Å². The van der Waals surface area contributed by atoms with Crippen LogP contribution in [0.2, 0.25) is 0 Å². The number of hydrogen-bond acceptors (Lipinski definition) is 1. The smallest absolute Gasteiger partial charge is 0.374 e. The van der Waals surface area contributed by atoms with Gasteiger partial charge in [0, 0.05) is 8.81 Å². The number of hydrogen-bond donors (Lipinski definition) is 1. The second-order valence-electron chi connectivity index (χ2n) is 2.25. The van der Waals surface area contributed by atoms with Crippen LogP contribution in [0.3, 0.4) is 0 Å². The van der Waals surface area contributed by atoms with Crippen molar-refractivity contribution in [2.75, 3.05) is 0 Å². The van der Waals surface area contributed by atoms with Crippen molar-refractivity contribution in [1.82, 2.24) is 0 Å². The minimum Gasteiger partial charge on any atom is -0.374 e. The van der Waals surface area contributed by atoms with E-state index in [4.69, 9.17) is 4.89 Å². The summed E-state index contributed by atoms with van der Waals surface area (Å²) in [6.45, 7) is 0. The SMILES string of the molecule is OPc1ccc[cH-]1.[Fe+2].c1cc[cH-]c1. The topological polar surface area (TPSA) is 20.2 Å². The van der Waals surface area contributed by atoms with Crippen molar-refractivity contribution in [2.24, 2.45) is 0 Å². The molecule has 1 atom stereocenters. The van der Waals surface area contributed by atoms with E-state index in [-0.39, 0.29) is 25.9 Å². The van der Waals surface area contributed by atoms with Crippen LogP contribution >= 0.6 is 8.81 Å². The Balaban J connectivity index is 0.000000215. The molecule has 0 aliphatic rings. The molecule has 0 bridgehead atoms. The minimum atomic E-state index is -0.0455. The van der Waals surface area contributed by atoms with E-state index >= 15 is 0 Å². The summed E-state index contributed by atoms with van der Waals surface area (Å²) in [5.74, 6) is 0. The molecule has 13 heavy (non-hydrogen) atoms. The van der Waals surface area contributed by atoms with Crippen LogP contribution in [0, 0.1) is 0 Å². The first kappa shape index (κ1) is 12.6. The molecule has 0 saturated carbocycles. The first-order chi connectivity index (χ1) is 5.93. The Morgan fingerprint density at radius 3 is 2.00 bits per heavy atom. The van der Waals surface area contributed by atoms with Crippen LogP contribution in [0.1, 0.15) is 0 Å². The normalized spacial score (nSPS) is 9.00. The molecule has 0 heterocycles. The van der Waals surface area contributed by atoms with E-state index in [0.717, 1.165) is 5.30 Å².